The van der Waals surface area contributed by atoms with Gasteiger partial charge in [-0.3, -0.25) is 0 Å². The molecule has 0 spiro atoms. The van der Waals surface area contributed by atoms with E-state index in [1.54, 1.807) is 0 Å². The third kappa shape index (κ3) is 4.45. The SMILES string of the molecule is CCCCC(C)(C)CCN1CCCC1. The second kappa shape index (κ2) is 5.75. The van der Waals surface area contributed by atoms with Gasteiger partial charge in [0.25, 0.3) is 0 Å². The molecule has 1 aliphatic rings. The lowest BCUT2D eigenvalue weighted by atomic mass is 9.84. The van der Waals surface area contributed by atoms with E-state index in [1.807, 2.05) is 0 Å². The van der Waals surface area contributed by atoms with Gasteiger partial charge in [0.15, 0.2) is 0 Å². The fourth-order valence-corrected chi connectivity index (χ4v) is 2.25. The molecule has 1 heteroatoms. The maximum absolute atomic E-state index is 2.63. The molecule has 1 heterocycles. The van der Waals surface area contributed by atoms with Gasteiger partial charge in [-0.25, -0.2) is 0 Å². The minimum absolute atomic E-state index is 0.568. The highest BCUT2D eigenvalue weighted by Gasteiger charge is 2.19. The summed E-state index contributed by atoms with van der Waals surface area (Å²) < 4.78 is 0. The molecule has 84 valence electrons. The van der Waals surface area contributed by atoms with Crippen LogP contribution in [-0.2, 0) is 0 Å². The molecule has 0 aromatic heterocycles. The molecule has 0 aliphatic carbocycles. The van der Waals surface area contributed by atoms with E-state index in [-0.39, 0.29) is 0 Å². The van der Waals surface area contributed by atoms with E-state index < -0.39 is 0 Å². The van der Waals surface area contributed by atoms with Crippen molar-refractivity contribution in [2.45, 2.75) is 59.3 Å². The van der Waals surface area contributed by atoms with Gasteiger partial charge in [0, 0.05) is 0 Å². The molecule has 0 amide bonds. The van der Waals surface area contributed by atoms with Crippen LogP contribution in [0, 0.1) is 5.41 Å². The highest BCUT2D eigenvalue weighted by atomic mass is 15.1. The molecule has 0 radical (unpaired) electrons. The Morgan fingerprint density at radius 3 is 2.29 bits per heavy atom. The zero-order chi connectivity index (χ0) is 10.4. The summed E-state index contributed by atoms with van der Waals surface area (Å²) in [5.41, 5.74) is 0.568. The molecule has 1 fully saturated rings. The summed E-state index contributed by atoms with van der Waals surface area (Å²) in [4.78, 5) is 2.63. The van der Waals surface area contributed by atoms with E-state index in [4.69, 9.17) is 0 Å². The minimum atomic E-state index is 0.568. The Balaban J connectivity index is 2.14. The highest BCUT2D eigenvalue weighted by molar-refractivity contribution is 4.73. The van der Waals surface area contributed by atoms with E-state index in [0.717, 1.165) is 0 Å². The van der Waals surface area contributed by atoms with Crippen LogP contribution in [-0.4, -0.2) is 24.5 Å². The van der Waals surface area contributed by atoms with Crippen molar-refractivity contribution in [2.75, 3.05) is 19.6 Å². The van der Waals surface area contributed by atoms with E-state index >= 15 is 0 Å². The van der Waals surface area contributed by atoms with Gasteiger partial charge in [-0.15, -0.1) is 0 Å². The van der Waals surface area contributed by atoms with Crippen molar-refractivity contribution in [3.05, 3.63) is 0 Å². The molecule has 1 rings (SSSR count). The first-order chi connectivity index (χ1) is 6.64. The first kappa shape index (κ1) is 12.0. The van der Waals surface area contributed by atoms with Crippen molar-refractivity contribution >= 4 is 0 Å². The van der Waals surface area contributed by atoms with Crippen molar-refractivity contribution < 1.29 is 0 Å². The fraction of sp³-hybridized carbons (Fsp3) is 1.00. The van der Waals surface area contributed by atoms with Crippen LogP contribution in [0.3, 0.4) is 0 Å². The van der Waals surface area contributed by atoms with Crippen molar-refractivity contribution in [3.63, 3.8) is 0 Å². The lowest BCUT2D eigenvalue weighted by Gasteiger charge is -2.27. The van der Waals surface area contributed by atoms with E-state index in [9.17, 15) is 0 Å². The van der Waals surface area contributed by atoms with E-state index in [0.29, 0.717) is 5.41 Å². The molecule has 0 atom stereocenters. The van der Waals surface area contributed by atoms with Gasteiger partial charge in [-0.1, -0.05) is 33.6 Å². The summed E-state index contributed by atoms with van der Waals surface area (Å²) in [5, 5.41) is 0. The molecule has 0 aromatic rings. The number of likely N-dealkylation sites (tertiary alicyclic amines) is 1. The average Bonchev–Trinajstić information content (AvgIpc) is 2.64. The molecule has 1 aliphatic heterocycles. The second-order valence-electron chi connectivity index (χ2n) is 5.57. The maximum atomic E-state index is 2.63. The Bertz CT molecular complexity index is 145. The molecule has 0 N–H and O–H groups in total. The van der Waals surface area contributed by atoms with Crippen molar-refractivity contribution in [1.82, 2.24) is 4.90 Å². The van der Waals surface area contributed by atoms with Crippen molar-refractivity contribution in [2.24, 2.45) is 5.41 Å². The van der Waals surface area contributed by atoms with Gasteiger partial charge in [0.1, 0.15) is 0 Å². The van der Waals surface area contributed by atoms with Gasteiger partial charge >= 0.3 is 0 Å². The monoisotopic (exact) mass is 197 g/mol. The topological polar surface area (TPSA) is 3.24 Å². The standard InChI is InChI=1S/C13H27N/c1-4-5-8-13(2,3)9-12-14-10-6-7-11-14/h4-12H2,1-3H3. The minimum Gasteiger partial charge on any atom is -0.303 e. The molecule has 0 saturated carbocycles. The fourth-order valence-electron chi connectivity index (χ4n) is 2.25. The first-order valence-corrected chi connectivity index (χ1v) is 6.36. The van der Waals surface area contributed by atoms with Gasteiger partial charge < -0.3 is 4.90 Å². The summed E-state index contributed by atoms with van der Waals surface area (Å²) in [5.74, 6) is 0. The molecule has 0 bridgehead atoms. The van der Waals surface area contributed by atoms with Crippen LogP contribution in [0.25, 0.3) is 0 Å². The zero-order valence-electron chi connectivity index (χ0n) is 10.3. The molecule has 1 saturated heterocycles. The number of hydrogen-bond acceptors (Lipinski definition) is 1. The highest BCUT2D eigenvalue weighted by Crippen LogP contribution is 2.28. The Hall–Kier alpha value is -0.0400. The van der Waals surface area contributed by atoms with Crippen LogP contribution in [0.2, 0.25) is 0 Å². The van der Waals surface area contributed by atoms with E-state index in [2.05, 4.69) is 25.7 Å². The van der Waals surface area contributed by atoms with Gasteiger partial charge in [-0.2, -0.15) is 0 Å². The summed E-state index contributed by atoms with van der Waals surface area (Å²) in [6.07, 6.45) is 8.37. The van der Waals surface area contributed by atoms with Crippen molar-refractivity contribution in [1.29, 1.82) is 0 Å². The van der Waals surface area contributed by atoms with Crippen molar-refractivity contribution in [3.8, 4) is 0 Å². The predicted molar refractivity (Wildman–Crippen MR) is 63.6 cm³/mol. The Morgan fingerprint density at radius 2 is 1.71 bits per heavy atom. The summed E-state index contributed by atoms with van der Waals surface area (Å²) in [7, 11) is 0. The number of rotatable bonds is 6. The van der Waals surface area contributed by atoms with Crippen LogP contribution in [0.15, 0.2) is 0 Å². The largest absolute Gasteiger partial charge is 0.303 e. The summed E-state index contributed by atoms with van der Waals surface area (Å²) in [6.45, 7) is 11.2. The number of nitrogens with zero attached hydrogens (tertiary/aromatic N) is 1. The van der Waals surface area contributed by atoms with Crippen LogP contribution in [0.4, 0.5) is 0 Å². The summed E-state index contributed by atoms with van der Waals surface area (Å²) in [6, 6.07) is 0. The van der Waals surface area contributed by atoms with Crippen LogP contribution < -0.4 is 0 Å². The Morgan fingerprint density at radius 1 is 1.07 bits per heavy atom. The Labute approximate surface area is 89.9 Å². The van der Waals surface area contributed by atoms with Gasteiger partial charge in [-0.05, 0) is 50.7 Å². The molecular formula is C13H27N. The first-order valence-electron chi connectivity index (χ1n) is 6.36. The third-order valence-electron chi connectivity index (χ3n) is 3.51. The Kier molecular flexibility index (Phi) is 4.94. The molecule has 0 unspecified atom stereocenters. The predicted octanol–water partition coefficient (Wildman–Crippen LogP) is 3.69. The number of hydrogen-bond donors (Lipinski definition) is 0. The van der Waals surface area contributed by atoms with E-state index in [1.165, 1.54) is 58.2 Å². The maximum Gasteiger partial charge on any atom is -0.00136 e. The second-order valence-corrected chi connectivity index (χ2v) is 5.57. The quantitative estimate of drug-likeness (QED) is 0.628. The summed E-state index contributed by atoms with van der Waals surface area (Å²) >= 11 is 0. The third-order valence-corrected chi connectivity index (χ3v) is 3.51. The normalized spacial score (nSPS) is 19.1. The average molecular weight is 197 g/mol. The van der Waals surface area contributed by atoms with Crippen LogP contribution >= 0.6 is 0 Å². The molecule has 0 aromatic carbocycles. The number of unbranched alkanes of at least 4 members (excludes halogenated alkanes) is 1. The smallest absolute Gasteiger partial charge is 0.00136 e. The van der Waals surface area contributed by atoms with Crippen LogP contribution in [0.1, 0.15) is 59.3 Å². The van der Waals surface area contributed by atoms with Gasteiger partial charge in [0.2, 0.25) is 0 Å². The van der Waals surface area contributed by atoms with Crippen LogP contribution in [0.5, 0.6) is 0 Å². The van der Waals surface area contributed by atoms with Gasteiger partial charge in [0.05, 0.1) is 0 Å². The molecule has 14 heavy (non-hydrogen) atoms. The lowest BCUT2D eigenvalue weighted by Crippen LogP contribution is -2.25. The molecular weight excluding hydrogens is 170 g/mol. The zero-order valence-corrected chi connectivity index (χ0v) is 10.3. The molecule has 1 nitrogen and oxygen atoms in total. The lowest BCUT2D eigenvalue weighted by molar-refractivity contribution is 0.232.